The van der Waals surface area contributed by atoms with Gasteiger partial charge in [-0.2, -0.15) is 5.21 Å². The number of nitrogens with zero attached hydrogens (tertiary/aromatic N) is 4. The van der Waals surface area contributed by atoms with Crippen molar-refractivity contribution in [2.24, 2.45) is 0 Å². The summed E-state index contributed by atoms with van der Waals surface area (Å²) in [6, 6.07) is -0.270. The molecule has 0 radical (unpaired) electrons. The number of likely N-dealkylation sites (tertiary alicyclic amines) is 1. The Kier molecular flexibility index (Phi) is 3.83. The van der Waals surface area contributed by atoms with Gasteiger partial charge in [-0.05, 0) is 26.7 Å². The lowest BCUT2D eigenvalue weighted by Gasteiger charge is -2.22. The Balaban J connectivity index is 2.11. The average molecular weight is 287 g/mol. The number of sulfone groups is 1. The van der Waals surface area contributed by atoms with Gasteiger partial charge in [0.2, 0.25) is 5.91 Å². The van der Waals surface area contributed by atoms with Gasteiger partial charge in [0.15, 0.2) is 15.7 Å². The van der Waals surface area contributed by atoms with E-state index >= 15 is 0 Å². The summed E-state index contributed by atoms with van der Waals surface area (Å²) in [5, 5.41) is 13.0. The van der Waals surface area contributed by atoms with Crippen LogP contribution in [0.1, 0.15) is 38.6 Å². The molecule has 2 heterocycles. The van der Waals surface area contributed by atoms with Crippen LogP contribution in [0.2, 0.25) is 0 Å². The monoisotopic (exact) mass is 287 g/mol. The summed E-state index contributed by atoms with van der Waals surface area (Å²) in [6.07, 6.45) is 1.54. The van der Waals surface area contributed by atoms with Crippen molar-refractivity contribution in [1.82, 2.24) is 25.5 Å². The molecular formula is C10H17N5O3S. The van der Waals surface area contributed by atoms with E-state index in [-0.39, 0.29) is 11.9 Å². The van der Waals surface area contributed by atoms with Crippen LogP contribution in [-0.4, -0.2) is 57.4 Å². The highest BCUT2D eigenvalue weighted by molar-refractivity contribution is 7.92. The van der Waals surface area contributed by atoms with E-state index in [1.165, 1.54) is 4.90 Å². The third-order valence-electron chi connectivity index (χ3n) is 3.28. The molecule has 0 saturated carbocycles. The number of carbonyl (C=O) groups is 1. The SMILES string of the molecule is CC(C)S(=O)(=O)CC(=O)N1CCCC1c1nn[nH]n1. The number of H-pyrrole nitrogens is 1. The Hall–Kier alpha value is -1.51. The summed E-state index contributed by atoms with van der Waals surface area (Å²) in [5.41, 5.74) is 0. The Morgan fingerprint density at radius 1 is 1.53 bits per heavy atom. The van der Waals surface area contributed by atoms with Crippen LogP contribution < -0.4 is 0 Å². The first-order valence-electron chi connectivity index (χ1n) is 6.16. The number of aromatic nitrogens is 4. The minimum atomic E-state index is -3.38. The van der Waals surface area contributed by atoms with Gasteiger partial charge in [-0.3, -0.25) is 4.79 Å². The summed E-state index contributed by atoms with van der Waals surface area (Å²) < 4.78 is 23.6. The number of nitrogens with one attached hydrogen (secondary N) is 1. The van der Waals surface area contributed by atoms with E-state index in [1.54, 1.807) is 13.8 Å². The summed E-state index contributed by atoms with van der Waals surface area (Å²) in [6.45, 7) is 3.68. The summed E-state index contributed by atoms with van der Waals surface area (Å²) in [7, 11) is -3.38. The molecule has 0 aliphatic carbocycles. The van der Waals surface area contributed by atoms with Gasteiger partial charge in [0.05, 0.1) is 11.3 Å². The van der Waals surface area contributed by atoms with Crippen LogP contribution in [0.25, 0.3) is 0 Å². The Bertz CT molecular complexity index is 540. The van der Waals surface area contributed by atoms with Crippen LogP contribution in [0.5, 0.6) is 0 Å². The van der Waals surface area contributed by atoms with Crippen molar-refractivity contribution in [2.45, 2.75) is 38.0 Å². The Labute approximate surface area is 111 Å². The second-order valence-electron chi connectivity index (χ2n) is 4.87. The molecule has 1 saturated heterocycles. The zero-order valence-electron chi connectivity index (χ0n) is 10.9. The molecule has 8 nitrogen and oxygen atoms in total. The molecular weight excluding hydrogens is 270 g/mol. The predicted molar refractivity (Wildman–Crippen MR) is 66.8 cm³/mol. The second kappa shape index (κ2) is 5.24. The van der Waals surface area contributed by atoms with E-state index < -0.39 is 20.8 Å². The van der Waals surface area contributed by atoms with Crippen molar-refractivity contribution in [1.29, 1.82) is 0 Å². The van der Waals surface area contributed by atoms with Crippen molar-refractivity contribution in [3.63, 3.8) is 0 Å². The van der Waals surface area contributed by atoms with Gasteiger partial charge in [-0.25, -0.2) is 8.42 Å². The lowest BCUT2D eigenvalue weighted by molar-refractivity contribution is -0.129. The second-order valence-corrected chi connectivity index (χ2v) is 7.43. The van der Waals surface area contributed by atoms with Gasteiger partial charge in [0, 0.05) is 6.54 Å². The molecule has 106 valence electrons. The highest BCUT2D eigenvalue weighted by atomic mass is 32.2. The molecule has 1 aliphatic rings. The van der Waals surface area contributed by atoms with Crippen LogP contribution in [0.15, 0.2) is 0 Å². The van der Waals surface area contributed by atoms with Crippen molar-refractivity contribution in [2.75, 3.05) is 12.3 Å². The molecule has 0 spiro atoms. The standard InChI is InChI=1S/C10H17N5O3S/c1-7(2)19(17,18)6-9(16)15-5-3-4-8(15)10-11-13-14-12-10/h7-8H,3-6H2,1-2H3,(H,11,12,13,14). The maximum Gasteiger partial charge on any atom is 0.238 e. The van der Waals surface area contributed by atoms with E-state index in [4.69, 9.17) is 0 Å². The molecule has 0 bridgehead atoms. The molecule has 0 aromatic carbocycles. The topological polar surface area (TPSA) is 109 Å². The number of carbonyl (C=O) groups excluding carboxylic acids is 1. The normalized spacial score (nSPS) is 20.2. The molecule has 1 unspecified atom stereocenters. The lowest BCUT2D eigenvalue weighted by Crippen LogP contribution is -2.37. The molecule has 19 heavy (non-hydrogen) atoms. The minimum Gasteiger partial charge on any atom is -0.331 e. The number of amides is 1. The van der Waals surface area contributed by atoms with Crippen LogP contribution in [0.4, 0.5) is 0 Å². The molecule has 1 N–H and O–H groups in total. The number of tetrazole rings is 1. The number of aromatic amines is 1. The smallest absolute Gasteiger partial charge is 0.238 e. The molecule has 1 aliphatic heterocycles. The maximum atomic E-state index is 12.1. The first-order valence-corrected chi connectivity index (χ1v) is 7.87. The van der Waals surface area contributed by atoms with Crippen LogP contribution >= 0.6 is 0 Å². The van der Waals surface area contributed by atoms with E-state index in [0.717, 1.165) is 12.8 Å². The number of rotatable bonds is 4. The fourth-order valence-electron chi connectivity index (χ4n) is 2.07. The highest BCUT2D eigenvalue weighted by Crippen LogP contribution is 2.29. The first kappa shape index (κ1) is 13.9. The van der Waals surface area contributed by atoms with Gasteiger partial charge < -0.3 is 4.90 Å². The summed E-state index contributed by atoms with van der Waals surface area (Å²) in [5.74, 6) is -0.409. The van der Waals surface area contributed by atoms with Gasteiger partial charge in [0.1, 0.15) is 5.75 Å². The van der Waals surface area contributed by atoms with Gasteiger partial charge in [-0.15, -0.1) is 10.2 Å². The van der Waals surface area contributed by atoms with E-state index in [2.05, 4.69) is 20.6 Å². The van der Waals surface area contributed by atoms with Crippen LogP contribution in [-0.2, 0) is 14.6 Å². The minimum absolute atomic E-state index is 0.270. The largest absolute Gasteiger partial charge is 0.331 e. The van der Waals surface area contributed by atoms with Gasteiger partial charge in [0.25, 0.3) is 0 Å². The Morgan fingerprint density at radius 2 is 2.26 bits per heavy atom. The van der Waals surface area contributed by atoms with Gasteiger partial charge in [-0.1, -0.05) is 5.21 Å². The summed E-state index contributed by atoms with van der Waals surface area (Å²) in [4.78, 5) is 13.7. The molecule has 1 aromatic heterocycles. The number of hydrogen-bond donors (Lipinski definition) is 1. The van der Waals surface area contributed by atoms with Crippen molar-refractivity contribution in [3.8, 4) is 0 Å². The molecule has 1 atom stereocenters. The van der Waals surface area contributed by atoms with E-state index in [9.17, 15) is 13.2 Å². The van der Waals surface area contributed by atoms with E-state index in [0.29, 0.717) is 12.4 Å². The van der Waals surface area contributed by atoms with Crippen LogP contribution in [0, 0.1) is 0 Å². The lowest BCUT2D eigenvalue weighted by atomic mass is 10.2. The predicted octanol–water partition coefficient (Wildman–Crippen LogP) is -0.314. The van der Waals surface area contributed by atoms with Crippen LogP contribution in [0.3, 0.4) is 0 Å². The fourth-order valence-corrected chi connectivity index (χ4v) is 2.91. The zero-order chi connectivity index (χ0) is 14.0. The molecule has 9 heteroatoms. The highest BCUT2D eigenvalue weighted by Gasteiger charge is 2.35. The molecule has 1 amide bonds. The summed E-state index contributed by atoms with van der Waals surface area (Å²) >= 11 is 0. The quantitative estimate of drug-likeness (QED) is 0.813. The molecule has 1 fully saturated rings. The van der Waals surface area contributed by atoms with Crippen molar-refractivity contribution >= 4 is 15.7 Å². The fraction of sp³-hybridized carbons (Fsp3) is 0.800. The first-order chi connectivity index (χ1) is 8.92. The number of hydrogen-bond acceptors (Lipinski definition) is 6. The third kappa shape index (κ3) is 2.91. The van der Waals surface area contributed by atoms with E-state index in [1.807, 2.05) is 0 Å². The van der Waals surface area contributed by atoms with Crippen molar-refractivity contribution in [3.05, 3.63) is 5.82 Å². The maximum absolute atomic E-state index is 12.1. The Morgan fingerprint density at radius 3 is 2.84 bits per heavy atom. The average Bonchev–Trinajstić information content (AvgIpc) is 2.99. The molecule has 2 rings (SSSR count). The molecule has 1 aromatic rings. The van der Waals surface area contributed by atoms with Gasteiger partial charge >= 0.3 is 0 Å². The zero-order valence-corrected chi connectivity index (χ0v) is 11.7. The van der Waals surface area contributed by atoms with Crippen molar-refractivity contribution < 1.29 is 13.2 Å². The third-order valence-corrected chi connectivity index (χ3v) is 5.36.